The van der Waals surface area contributed by atoms with Crippen molar-refractivity contribution in [1.82, 2.24) is 4.98 Å². The van der Waals surface area contributed by atoms with Gasteiger partial charge in [-0.2, -0.15) is 0 Å². The summed E-state index contributed by atoms with van der Waals surface area (Å²) in [6.07, 6.45) is 1.64. The molecule has 0 aliphatic rings. The Hall–Kier alpha value is -1.61. The van der Waals surface area contributed by atoms with Gasteiger partial charge in [0.05, 0.1) is 0 Å². The molecule has 0 fully saturated rings. The highest BCUT2D eigenvalue weighted by Crippen LogP contribution is 2.13. The predicted octanol–water partition coefficient (Wildman–Crippen LogP) is 0.987. The van der Waals surface area contributed by atoms with Crippen LogP contribution in [0, 0.1) is 0 Å². The van der Waals surface area contributed by atoms with Crippen molar-refractivity contribution in [2.45, 2.75) is 6.54 Å². The van der Waals surface area contributed by atoms with Crippen LogP contribution in [0.15, 0.2) is 35.3 Å². The van der Waals surface area contributed by atoms with Gasteiger partial charge in [0.15, 0.2) is 0 Å². The van der Waals surface area contributed by atoms with Gasteiger partial charge in [-0.25, -0.2) is 0 Å². The van der Waals surface area contributed by atoms with Crippen molar-refractivity contribution in [3.8, 4) is 0 Å². The number of hydrogen-bond donors (Lipinski definition) is 2. The fourth-order valence-electron chi connectivity index (χ4n) is 1.46. The Bertz CT molecular complexity index is 487. The van der Waals surface area contributed by atoms with Crippen LogP contribution in [0.4, 0.5) is 0 Å². The van der Waals surface area contributed by atoms with Gasteiger partial charge < -0.3 is 10.7 Å². The highest BCUT2D eigenvalue weighted by molar-refractivity contribution is 5.84. The first-order valence-electron chi connectivity index (χ1n) is 4.12. The fraction of sp³-hybridized carbons (Fsp3) is 0.100. The third kappa shape index (κ3) is 1.23. The molecule has 0 spiro atoms. The molecule has 3 N–H and O–H groups in total. The second kappa shape index (κ2) is 3.03. The van der Waals surface area contributed by atoms with Gasteiger partial charge in [-0.05, 0) is 23.1 Å². The van der Waals surface area contributed by atoms with E-state index < -0.39 is 0 Å². The standard InChI is InChI=1S/C10H10N2O/c11-6-7-2-1-3-9-8(7)4-5-12-10(9)13/h1-5H,6,11H2,(H,12,13). The van der Waals surface area contributed by atoms with Gasteiger partial charge in [0.25, 0.3) is 5.56 Å². The van der Waals surface area contributed by atoms with Crippen molar-refractivity contribution in [3.63, 3.8) is 0 Å². The van der Waals surface area contributed by atoms with Gasteiger partial charge in [0.1, 0.15) is 0 Å². The summed E-state index contributed by atoms with van der Waals surface area (Å²) in [4.78, 5) is 14.0. The Morgan fingerprint density at radius 3 is 2.85 bits per heavy atom. The van der Waals surface area contributed by atoms with Crippen LogP contribution in [0.5, 0.6) is 0 Å². The van der Waals surface area contributed by atoms with Crippen LogP contribution in [-0.2, 0) is 6.54 Å². The molecule has 0 saturated carbocycles. The first-order chi connectivity index (χ1) is 6.33. The number of pyridine rings is 1. The minimum Gasteiger partial charge on any atom is -0.329 e. The monoisotopic (exact) mass is 174 g/mol. The lowest BCUT2D eigenvalue weighted by Crippen LogP contribution is -2.06. The SMILES string of the molecule is NCc1cccc2c(=O)[nH]ccc12. The zero-order chi connectivity index (χ0) is 9.26. The zero-order valence-corrected chi connectivity index (χ0v) is 7.08. The summed E-state index contributed by atoms with van der Waals surface area (Å²) in [6.45, 7) is 0.459. The Kier molecular flexibility index (Phi) is 1.87. The lowest BCUT2D eigenvalue weighted by Gasteiger charge is -2.01. The largest absolute Gasteiger partial charge is 0.329 e. The van der Waals surface area contributed by atoms with Gasteiger partial charge in [-0.3, -0.25) is 4.79 Å². The van der Waals surface area contributed by atoms with E-state index in [2.05, 4.69) is 4.98 Å². The summed E-state index contributed by atoms with van der Waals surface area (Å²) >= 11 is 0. The number of fused-ring (bicyclic) bond motifs is 1. The Morgan fingerprint density at radius 1 is 1.23 bits per heavy atom. The van der Waals surface area contributed by atoms with Gasteiger partial charge in [0, 0.05) is 18.1 Å². The molecule has 0 bridgehead atoms. The Morgan fingerprint density at radius 2 is 2.08 bits per heavy atom. The molecule has 0 atom stereocenters. The van der Waals surface area contributed by atoms with Crippen LogP contribution in [-0.4, -0.2) is 4.98 Å². The molecule has 66 valence electrons. The quantitative estimate of drug-likeness (QED) is 0.677. The van der Waals surface area contributed by atoms with E-state index in [1.807, 2.05) is 18.2 Å². The molecular weight excluding hydrogens is 164 g/mol. The van der Waals surface area contributed by atoms with E-state index in [1.54, 1.807) is 12.3 Å². The Labute approximate surface area is 75.2 Å². The average Bonchev–Trinajstić information content (AvgIpc) is 2.18. The highest BCUT2D eigenvalue weighted by Gasteiger charge is 2.00. The first-order valence-corrected chi connectivity index (χ1v) is 4.12. The Balaban J connectivity index is 2.92. The summed E-state index contributed by atoms with van der Waals surface area (Å²) in [5, 5.41) is 1.64. The van der Waals surface area contributed by atoms with Crippen LogP contribution in [0.25, 0.3) is 10.8 Å². The maximum absolute atomic E-state index is 11.4. The van der Waals surface area contributed by atoms with Crippen molar-refractivity contribution in [2.24, 2.45) is 5.73 Å². The molecular formula is C10H10N2O. The van der Waals surface area contributed by atoms with Gasteiger partial charge in [-0.15, -0.1) is 0 Å². The van der Waals surface area contributed by atoms with Gasteiger partial charge >= 0.3 is 0 Å². The van der Waals surface area contributed by atoms with E-state index in [9.17, 15) is 4.79 Å². The second-order valence-corrected chi connectivity index (χ2v) is 2.89. The topological polar surface area (TPSA) is 58.9 Å². The molecule has 0 unspecified atom stereocenters. The number of rotatable bonds is 1. The lowest BCUT2D eigenvalue weighted by molar-refractivity contribution is 1.08. The molecule has 0 saturated heterocycles. The van der Waals surface area contributed by atoms with Crippen molar-refractivity contribution >= 4 is 10.8 Å². The van der Waals surface area contributed by atoms with E-state index in [-0.39, 0.29) is 5.56 Å². The van der Waals surface area contributed by atoms with E-state index in [4.69, 9.17) is 5.73 Å². The normalized spacial score (nSPS) is 10.5. The van der Waals surface area contributed by atoms with Crippen LogP contribution in [0.2, 0.25) is 0 Å². The number of nitrogens with one attached hydrogen (secondary N) is 1. The second-order valence-electron chi connectivity index (χ2n) is 2.89. The molecule has 3 nitrogen and oxygen atoms in total. The summed E-state index contributed by atoms with van der Waals surface area (Å²) in [7, 11) is 0. The van der Waals surface area contributed by atoms with E-state index >= 15 is 0 Å². The van der Waals surface area contributed by atoms with Crippen LogP contribution < -0.4 is 11.3 Å². The maximum atomic E-state index is 11.4. The van der Waals surface area contributed by atoms with Crippen molar-refractivity contribution in [1.29, 1.82) is 0 Å². The molecule has 0 aliphatic heterocycles. The van der Waals surface area contributed by atoms with E-state index in [0.717, 1.165) is 10.9 Å². The minimum atomic E-state index is -0.0622. The molecule has 2 rings (SSSR count). The molecule has 0 aliphatic carbocycles. The number of aromatic nitrogens is 1. The third-order valence-electron chi connectivity index (χ3n) is 2.13. The fourth-order valence-corrected chi connectivity index (χ4v) is 1.46. The molecule has 3 heteroatoms. The summed E-state index contributed by atoms with van der Waals surface area (Å²) in [6, 6.07) is 7.45. The van der Waals surface area contributed by atoms with E-state index in [1.165, 1.54) is 0 Å². The summed E-state index contributed by atoms with van der Waals surface area (Å²) in [5.74, 6) is 0. The molecule has 1 aromatic carbocycles. The van der Waals surface area contributed by atoms with E-state index in [0.29, 0.717) is 11.9 Å². The van der Waals surface area contributed by atoms with Crippen LogP contribution in [0.3, 0.4) is 0 Å². The smallest absolute Gasteiger partial charge is 0.255 e. The maximum Gasteiger partial charge on any atom is 0.255 e. The molecule has 0 amide bonds. The molecule has 1 aromatic heterocycles. The number of nitrogens with two attached hydrogens (primary N) is 1. The molecule has 2 aromatic rings. The van der Waals surface area contributed by atoms with Crippen LogP contribution in [0.1, 0.15) is 5.56 Å². The zero-order valence-electron chi connectivity index (χ0n) is 7.08. The first kappa shape index (κ1) is 8.01. The van der Waals surface area contributed by atoms with Gasteiger partial charge in [0.2, 0.25) is 0 Å². The number of H-pyrrole nitrogens is 1. The predicted molar refractivity (Wildman–Crippen MR) is 52.5 cm³/mol. The van der Waals surface area contributed by atoms with Crippen LogP contribution >= 0.6 is 0 Å². The molecule has 0 radical (unpaired) electrons. The molecule has 1 heterocycles. The van der Waals surface area contributed by atoms with Crippen molar-refractivity contribution in [2.75, 3.05) is 0 Å². The highest BCUT2D eigenvalue weighted by atomic mass is 16.1. The van der Waals surface area contributed by atoms with Gasteiger partial charge in [-0.1, -0.05) is 12.1 Å². The number of benzene rings is 1. The molecule has 13 heavy (non-hydrogen) atoms. The summed E-state index contributed by atoms with van der Waals surface area (Å²) in [5.41, 5.74) is 6.49. The minimum absolute atomic E-state index is 0.0622. The summed E-state index contributed by atoms with van der Waals surface area (Å²) < 4.78 is 0. The number of aromatic amines is 1. The third-order valence-corrected chi connectivity index (χ3v) is 2.13. The number of hydrogen-bond acceptors (Lipinski definition) is 2. The lowest BCUT2D eigenvalue weighted by atomic mass is 10.1. The average molecular weight is 174 g/mol. The van der Waals surface area contributed by atoms with Crippen molar-refractivity contribution in [3.05, 3.63) is 46.4 Å². The van der Waals surface area contributed by atoms with Crippen molar-refractivity contribution < 1.29 is 0 Å².